The van der Waals surface area contributed by atoms with Gasteiger partial charge in [-0.25, -0.2) is 9.59 Å². The topological polar surface area (TPSA) is 52.6 Å². The second-order valence-corrected chi connectivity index (χ2v) is 6.93. The van der Waals surface area contributed by atoms with Crippen molar-refractivity contribution >= 4 is 23.5 Å². The molecule has 2 rings (SSSR count). The molecule has 0 spiro atoms. The molecule has 0 saturated carbocycles. The Kier molecular flexibility index (Phi) is 9.27. The van der Waals surface area contributed by atoms with Gasteiger partial charge < -0.3 is 9.47 Å². The molecule has 5 heteroatoms. The molecule has 0 bridgehead atoms. The molecular formula is C24H25ClO4. The number of carbonyl (C=O) groups excluding carboxylic acids is 2. The number of ether oxygens (including phenoxy) is 2. The van der Waals surface area contributed by atoms with Crippen molar-refractivity contribution in [2.75, 3.05) is 7.11 Å². The number of methoxy groups -OCH3 is 1. The quantitative estimate of drug-likeness (QED) is 0.315. The zero-order valence-corrected chi connectivity index (χ0v) is 17.5. The maximum atomic E-state index is 12.5. The summed E-state index contributed by atoms with van der Waals surface area (Å²) in [6.07, 6.45) is 4.37. The number of benzene rings is 2. The van der Waals surface area contributed by atoms with Crippen molar-refractivity contribution in [2.24, 2.45) is 0 Å². The number of esters is 2. The van der Waals surface area contributed by atoms with Gasteiger partial charge in [0.05, 0.1) is 12.7 Å². The lowest BCUT2D eigenvalue weighted by molar-refractivity contribution is -0.151. The van der Waals surface area contributed by atoms with Crippen LogP contribution in [0.15, 0.2) is 48.5 Å². The Balaban J connectivity index is 2.04. The average Bonchev–Trinajstić information content (AvgIpc) is 2.75. The van der Waals surface area contributed by atoms with E-state index < -0.39 is 18.0 Å². The van der Waals surface area contributed by atoms with Crippen LogP contribution in [0.4, 0.5) is 0 Å². The highest BCUT2D eigenvalue weighted by Gasteiger charge is 2.28. The van der Waals surface area contributed by atoms with Gasteiger partial charge >= 0.3 is 11.9 Å². The molecule has 0 saturated heterocycles. The molecule has 0 aliphatic rings. The zero-order chi connectivity index (χ0) is 21.1. The van der Waals surface area contributed by atoms with Gasteiger partial charge in [-0.05, 0) is 36.8 Å². The largest absolute Gasteiger partial charge is 0.466 e. The molecule has 0 radical (unpaired) electrons. The van der Waals surface area contributed by atoms with Crippen LogP contribution in [-0.2, 0) is 14.3 Å². The Morgan fingerprint density at radius 3 is 2.41 bits per heavy atom. The third-order valence-corrected chi connectivity index (χ3v) is 4.68. The predicted octanol–water partition coefficient (Wildman–Crippen LogP) is 5.73. The molecule has 0 amide bonds. The molecule has 0 N–H and O–H groups in total. The SMILES string of the molecule is CCCCCCC#Cc1ccc(C(=O)OC(C(=O)OC)c2ccccc2Cl)cc1. The minimum Gasteiger partial charge on any atom is -0.466 e. The van der Waals surface area contributed by atoms with Gasteiger partial charge in [-0.15, -0.1) is 0 Å². The van der Waals surface area contributed by atoms with Crippen LogP contribution in [0.5, 0.6) is 0 Å². The number of hydrogen-bond donors (Lipinski definition) is 0. The van der Waals surface area contributed by atoms with Crippen LogP contribution in [0, 0.1) is 11.8 Å². The van der Waals surface area contributed by atoms with E-state index in [1.165, 1.54) is 26.4 Å². The predicted molar refractivity (Wildman–Crippen MR) is 114 cm³/mol. The molecule has 0 heterocycles. The first-order valence-electron chi connectivity index (χ1n) is 9.69. The average molecular weight is 413 g/mol. The van der Waals surface area contributed by atoms with Crippen molar-refractivity contribution in [3.63, 3.8) is 0 Å². The summed E-state index contributed by atoms with van der Waals surface area (Å²) in [5.74, 6) is 4.91. The van der Waals surface area contributed by atoms with Crippen molar-refractivity contribution < 1.29 is 19.1 Å². The molecule has 0 aliphatic heterocycles. The van der Waals surface area contributed by atoms with Gasteiger partial charge in [0.1, 0.15) is 0 Å². The highest BCUT2D eigenvalue weighted by Crippen LogP contribution is 2.27. The Morgan fingerprint density at radius 1 is 1.03 bits per heavy atom. The van der Waals surface area contributed by atoms with E-state index in [2.05, 4.69) is 18.8 Å². The van der Waals surface area contributed by atoms with Crippen molar-refractivity contribution in [1.29, 1.82) is 0 Å². The van der Waals surface area contributed by atoms with Crippen molar-refractivity contribution in [3.05, 3.63) is 70.2 Å². The fourth-order valence-corrected chi connectivity index (χ4v) is 2.94. The van der Waals surface area contributed by atoms with Crippen molar-refractivity contribution in [1.82, 2.24) is 0 Å². The molecule has 2 aromatic rings. The second-order valence-electron chi connectivity index (χ2n) is 6.52. The van der Waals surface area contributed by atoms with Gasteiger partial charge in [-0.3, -0.25) is 0 Å². The normalized spacial score (nSPS) is 11.1. The summed E-state index contributed by atoms with van der Waals surface area (Å²) in [4.78, 5) is 24.6. The van der Waals surface area contributed by atoms with Gasteiger partial charge in [-0.2, -0.15) is 0 Å². The first kappa shape index (κ1) is 22.5. The first-order valence-corrected chi connectivity index (χ1v) is 10.1. The van der Waals surface area contributed by atoms with Crippen molar-refractivity contribution in [3.8, 4) is 11.8 Å². The maximum Gasteiger partial charge on any atom is 0.352 e. The summed E-state index contributed by atoms with van der Waals surface area (Å²) < 4.78 is 10.2. The Labute approximate surface area is 177 Å². The van der Waals surface area contributed by atoms with Crippen LogP contribution < -0.4 is 0 Å². The lowest BCUT2D eigenvalue weighted by atomic mass is 10.1. The monoisotopic (exact) mass is 412 g/mol. The van der Waals surface area contributed by atoms with E-state index in [9.17, 15) is 9.59 Å². The molecule has 0 aliphatic carbocycles. The minimum absolute atomic E-state index is 0.319. The molecule has 152 valence electrons. The lowest BCUT2D eigenvalue weighted by Gasteiger charge is -2.17. The van der Waals surface area contributed by atoms with Gasteiger partial charge in [-0.1, -0.05) is 67.8 Å². The highest BCUT2D eigenvalue weighted by molar-refractivity contribution is 6.31. The number of hydrogen-bond acceptors (Lipinski definition) is 4. The minimum atomic E-state index is -1.23. The third kappa shape index (κ3) is 6.96. The van der Waals surface area contributed by atoms with Crippen molar-refractivity contribution in [2.45, 2.75) is 45.1 Å². The summed E-state index contributed by atoms with van der Waals surface area (Å²) in [5, 5.41) is 0.320. The number of halogens is 1. The van der Waals surface area contributed by atoms with E-state index in [1.807, 2.05) is 0 Å². The van der Waals surface area contributed by atoms with Crippen LogP contribution in [0.2, 0.25) is 5.02 Å². The van der Waals surface area contributed by atoms with E-state index in [1.54, 1.807) is 48.5 Å². The number of unbranched alkanes of at least 4 members (excludes halogenated alkanes) is 4. The second kappa shape index (κ2) is 11.9. The summed E-state index contributed by atoms with van der Waals surface area (Å²) >= 11 is 6.14. The smallest absolute Gasteiger partial charge is 0.352 e. The molecule has 1 atom stereocenters. The van der Waals surface area contributed by atoms with E-state index in [4.69, 9.17) is 21.1 Å². The fraction of sp³-hybridized carbons (Fsp3) is 0.333. The van der Waals surface area contributed by atoms with Gasteiger partial charge in [0.25, 0.3) is 0 Å². The van der Waals surface area contributed by atoms with Crippen LogP contribution in [-0.4, -0.2) is 19.0 Å². The number of carbonyl (C=O) groups is 2. The van der Waals surface area contributed by atoms with Gasteiger partial charge in [0.15, 0.2) is 0 Å². The molecule has 0 fully saturated rings. The molecular weight excluding hydrogens is 388 g/mol. The first-order chi connectivity index (χ1) is 14.1. The lowest BCUT2D eigenvalue weighted by Crippen LogP contribution is -2.21. The van der Waals surface area contributed by atoms with Gasteiger partial charge in [0, 0.05) is 22.6 Å². The summed E-state index contributed by atoms with van der Waals surface area (Å²) in [6.45, 7) is 2.18. The molecule has 4 nitrogen and oxygen atoms in total. The van der Waals surface area contributed by atoms with Crippen LogP contribution in [0.3, 0.4) is 0 Å². The fourth-order valence-electron chi connectivity index (χ4n) is 2.70. The standard InChI is InChI=1S/C24H25ClO4/c1-3-4-5-6-7-8-11-18-14-16-19(17-15-18)23(26)29-22(24(27)28-2)20-12-9-10-13-21(20)25/h9-10,12-17,22H,3-7H2,1-2H3. The zero-order valence-electron chi connectivity index (χ0n) is 16.7. The summed E-state index contributed by atoms with van der Waals surface area (Å²) in [7, 11) is 1.23. The number of rotatable bonds is 8. The van der Waals surface area contributed by atoms with E-state index in [0.29, 0.717) is 16.1 Å². The van der Waals surface area contributed by atoms with E-state index >= 15 is 0 Å². The van der Waals surface area contributed by atoms with E-state index in [0.717, 1.165) is 18.4 Å². The molecule has 0 aromatic heterocycles. The van der Waals surface area contributed by atoms with Crippen LogP contribution >= 0.6 is 11.6 Å². The summed E-state index contributed by atoms with van der Waals surface area (Å²) in [5.41, 5.74) is 1.52. The Morgan fingerprint density at radius 2 is 1.76 bits per heavy atom. The van der Waals surface area contributed by atoms with Gasteiger partial charge in [0.2, 0.25) is 6.10 Å². The molecule has 29 heavy (non-hydrogen) atoms. The third-order valence-electron chi connectivity index (χ3n) is 4.34. The van der Waals surface area contributed by atoms with E-state index in [-0.39, 0.29) is 0 Å². The maximum absolute atomic E-state index is 12.5. The molecule has 2 aromatic carbocycles. The Hall–Kier alpha value is -2.77. The molecule has 1 unspecified atom stereocenters. The Bertz CT molecular complexity index is 878. The summed E-state index contributed by atoms with van der Waals surface area (Å²) in [6, 6.07) is 13.5. The van der Waals surface area contributed by atoms with Crippen LogP contribution in [0.25, 0.3) is 0 Å². The van der Waals surface area contributed by atoms with Crippen LogP contribution in [0.1, 0.15) is 66.6 Å². The highest BCUT2D eigenvalue weighted by atomic mass is 35.5.